The van der Waals surface area contributed by atoms with Crippen LogP contribution in [0.25, 0.3) is 21.9 Å². The van der Waals surface area contributed by atoms with Gasteiger partial charge in [-0.2, -0.15) is 0 Å². The van der Waals surface area contributed by atoms with Gasteiger partial charge in [-0.15, -0.1) is 0 Å². The molecule has 1 aromatic heterocycles. The molecule has 2 aromatic carbocycles. The second-order valence-corrected chi connectivity index (χ2v) is 13.8. The Balaban J connectivity index is 1.33. The van der Waals surface area contributed by atoms with E-state index in [1.807, 2.05) is 60.7 Å². The molecule has 0 bridgehead atoms. The Kier molecular flexibility index (Phi) is 9.18. The van der Waals surface area contributed by atoms with Crippen LogP contribution in [-0.2, 0) is 24.0 Å². The molecule has 1 aliphatic carbocycles. The lowest BCUT2D eigenvalue weighted by atomic mass is 10.0. The van der Waals surface area contributed by atoms with E-state index in [-0.39, 0.29) is 25.3 Å². The molecule has 2 aliphatic heterocycles. The Morgan fingerprint density at radius 1 is 1.04 bits per heavy atom. The van der Waals surface area contributed by atoms with Crippen molar-refractivity contribution in [1.29, 1.82) is 0 Å². The lowest BCUT2D eigenvalue weighted by Gasteiger charge is -2.30. The summed E-state index contributed by atoms with van der Waals surface area (Å²) in [6.07, 6.45) is 6.11. The third kappa shape index (κ3) is 7.02. The number of hydrogen-bond donors (Lipinski definition) is 3. The molecule has 3 amide bonds. The highest BCUT2D eigenvalue weighted by Gasteiger charge is 2.61. The Labute approximate surface area is 278 Å². The minimum absolute atomic E-state index is 0.00337. The smallest absolute Gasteiger partial charge is 0.408 e. The average molecular weight is 659 g/mol. The molecule has 0 radical (unpaired) electrons. The number of allylic oxidation sites excluding steroid dienone is 1. The number of hydrogen-bond acceptors (Lipinski definition) is 8. The molecule has 3 heterocycles. The normalized spacial score (nSPS) is 27.1. The third-order valence-electron chi connectivity index (χ3n) is 9.11. The highest BCUT2D eigenvalue weighted by atomic mass is 16.6. The van der Waals surface area contributed by atoms with Gasteiger partial charge in [0.25, 0.3) is 0 Å². The average Bonchev–Trinajstić information content (AvgIpc) is 3.56. The van der Waals surface area contributed by atoms with Gasteiger partial charge in [-0.1, -0.05) is 54.4 Å². The van der Waals surface area contributed by atoms with Crippen molar-refractivity contribution < 1.29 is 38.3 Å². The van der Waals surface area contributed by atoms with Gasteiger partial charge in [0.1, 0.15) is 45.9 Å². The lowest BCUT2D eigenvalue weighted by molar-refractivity contribution is -0.145. The van der Waals surface area contributed by atoms with Gasteiger partial charge >= 0.3 is 12.1 Å². The summed E-state index contributed by atoms with van der Waals surface area (Å²) in [6, 6.07) is 12.9. The number of carboxylic acids is 1. The molecule has 48 heavy (non-hydrogen) atoms. The summed E-state index contributed by atoms with van der Waals surface area (Å²) < 4.78 is 11.5. The van der Waals surface area contributed by atoms with Gasteiger partial charge in [0.05, 0.1) is 6.54 Å². The lowest BCUT2D eigenvalue weighted by Crippen LogP contribution is -2.56. The van der Waals surface area contributed by atoms with Crippen LogP contribution in [0.4, 0.5) is 4.79 Å². The standard InChI is InChI=1S/C36H42N4O8/c1-35(2,3)47-34(45)37-26-16-8-6-4-5-7-13-22-20-36(22,33(43)44)38-31(41)27-19-23(21-40(27)32(26)42)48-39-30-24-14-9-11-17-28(24)46-29-18-12-10-15-25(29)30/h7,9-15,17-18,22-23,26-27H,4-6,8,16,19-21H2,1-3H3,(H,37,45)(H,38,41)(H,43,44)/b13-7-/t22-,23-,26+,27+,36+/m1/s1. The van der Waals surface area contributed by atoms with Gasteiger partial charge in [-0.25, -0.2) is 9.59 Å². The van der Waals surface area contributed by atoms with Crippen molar-refractivity contribution in [2.24, 2.45) is 11.1 Å². The molecule has 12 heteroatoms. The van der Waals surface area contributed by atoms with E-state index in [0.29, 0.717) is 29.4 Å². The third-order valence-corrected chi connectivity index (χ3v) is 9.11. The zero-order valence-electron chi connectivity index (χ0n) is 27.4. The van der Waals surface area contributed by atoms with Crippen molar-refractivity contribution in [3.8, 4) is 0 Å². The van der Waals surface area contributed by atoms with Crippen LogP contribution in [0, 0.1) is 5.92 Å². The Morgan fingerprint density at radius 2 is 1.73 bits per heavy atom. The first-order valence-corrected chi connectivity index (χ1v) is 16.6. The fourth-order valence-electron chi connectivity index (χ4n) is 6.58. The SMILES string of the molecule is CC(C)(C)OC(=O)N[C@H]1CCCCC/C=C\[C@@H]2C[C@]2(C(=O)O)NC(=O)[C@@H]2C[C@@H](ON=c3c4ccccc4oc4ccccc34)CN2C1=O. The van der Waals surface area contributed by atoms with E-state index in [1.165, 1.54) is 4.90 Å². The molecule has 1 saturated heterocycles. The molecule has 254 valence electrons. The zero-order valence-corrected chi connectivity index (χ0v) is 27.4. The number of nitrogens with one attached hydrogen (secondary N) is 2. The summed E-state index contributed by atoms with van der Waals surface area (Å²) >= 11 is 0. The number of ether oxygens (including phenoxy) is 1. The van der Waals surface area contributed by atoms with E-state index in [4.69, 9.17) is 14.0 Å². The minimum Gasteiger partial charge on any atom is -0.479 e. The van der Waals surface area contributed by atoms with E-state index in [0.717, 1.165) is 30.0 Å². The van der Waals surface area contributed by atoms with Crippen LogP contribution in [0.3, 0.4) is 0 Å². The van der Waals surface area contributed by atoms with Crippen LogP contribution < -0.4 is 16.0 Å². The van der Waals surface area contributed by atoms with Gasteiger partial charge < -0.3 is 34.6 Å². The molecule has 1 saturated carbocycles. The molecule has 0 spiro atoms. The fraction of sp³-hybridized carbons (Fsp3) is 0.472. The highest BCUT2D eigenvalue weighted by Crippen LogP contribution is 2.45. The summed E-state index contributed by atoms with van der Waals surface area (Å²) in [5.74, 6) is -2.52. The number of aliphatic carboxylic acids is 1. The molecule has 3 aromatic rings. The predicted molar refractivity (Wildman–Crippen MR) is 176 cm³/mol. The van der Waals surface area contributed by atoms with Crippen molar-refractivity contribution in [2.45, 2.75) is 95.0 Å². The predicted octanol–water partition coefficient (Wildman–Crippen LogP) is 4.76. The monoisotopic (exact) mass is 658 g/mol. The summed E-state index contributed by atoms with van der Waals surface area (Å²) in [4.78, 5) is 60.9. The van der Waals surface area contributed by atoms with Gasteiger partial charge in [-0.3, -0.25) is 9.59 Å². The first kappa shape index (κ1) is 33.0. The summed E-state index contributed by atoms with van der Waals surface area (Å²) in [6.45, 7) is 5.22. The molecule has 5 atom stereocenters. The van der Waals surface area contributed by atoms with Crippen molar-refractivity contribution in [1.82, 2.24) is 15.5 Å². The maximum atomic E-state index is 14.2. The molecule has 2 fully saturated rings. The Bertz CT molecular complexity index is 1770. The van der Waals surface area contributed by atoms with Crippen molar-refractivity contribution >= 4 is 45.8 Å². The number of benzene rings is 2. The van der Waals surface area contributed by atoms with Gasteiger partial charge in [0.15, 0.2) is 0 Å². The molecule has 0 unspecified atom stereocenters. The van der Waals surface area contributed by atoms with Gasteiger partial charge in [0, 0.05) is 23.1 Å². The highest BCUT2D eigenvalue weighted by molar-refractivity contribution is 5.96. The van der Waals surface area contributed by atoms with Crippen LogP contribution in [0.1, 0.15) is 65.7 Å². The summed E-state index contributed by atoms with van der Waals surface area (Å²) in [5.41, 5.74) is -0.975. The maximum Gasteiger partial charge on any atom is 0.408 e. The first-order chi connectivity index (χ1) is 22.9. The Hall–Kier alpha value is -4.87. The number of carbonyl (C=O) groups excluding carboxylic acids is 3. The number of para-hydroxylation sites is 2. The van der Waals surface area contributed by atoms with Crippen molar-refractivity contribution in [3.05, 3.63) is 66.0 Å². The van der Waals surface area contributed by atoms with Gasteiger partial charge in [-0.05, 0) is 70.7 Å². The topological polar surface area (TPSA) is 160 Å². The number of fused-ring (bicyclic) bond motifs is 4. The van der Waals surface area contributed by atoms with E-state index < -0.39 is 53.2 Å². The second-order valence-electron chi connectivity index (χ2n) is 13.8. The summed E-state index contributed by atoms with van der Waals surface area (Å²) in [5, 5.41) is 22.2. The van der Waals surface area contributed by atoms with E-state index in [1.54, 1.807) is 20.8 Å². The van der Waals surface area contributed by atoms with E-state index in [2.05, 4.69) is 15.8 Å². The number of amides is 3. The number of rotatable bonds is 4. The van der Waals surface area contributed by atoms with Gasteiger partial charge in [0.2, 0.25) is 11.8 Å². The number of alkyl carbamates (subject to hydrolysis) is 1. The van der Waals surface area contributed by atoms with Crippen molar-refractivity contribution in [3.63, 3.8) is 0 Å². The van der Waals surface area contributed by atoms with E-state index in [9.17, 15) is 24.3 Å². The molecular weight excluding hydrogens is 616 g/mol. The summed E-state index contributed by atoms with van der Waals surface area (Å²) in [7, 11) is 0. The van der Waals surface area contributed by atoms with Crippen LogP contribution >= 0.6 is 0 Å². The molecule has 3 aliphatic rings. The van der Waals surface area contributed by atoms with Crippen molar-refractivity contribution in [2.75, 3.05) is 6.54 Å². The van der Waals surface area contributed by atoms with E-state index >= 15 is 0 Å². The second kappa shape index (κ2) is 13.3. The quantitative estimate of drug-likeness (QED) is 0.206. The number of nitrogens with zero attached hydrogens (tertiary/aromatic N) is 2. The van der Waals surface area contributed by atoms with Crippen LogP contribution in [0.2, 0.25) is 0 Å². The minimum atomic E-state index is -1.44. The maximum absolute atomic E-state index is 14.2. The Morgan fingerprint density at radius 3 is 2.40 bits per heavy atom. The molecule has 12 nitrogen and oxygen atoms in total. The molecule has 3 N–H and O–H groups in total. The fourth-order valence-corrected chi connectivity index (χ4v) is 6.58. The molecular formula is C36H42N4O8. The zero-order chi connectivity index (χ0) is 34.1. The molecule has 6 rings (SSSR count). The number of carboxylic acid groups (broad SMARTS) is 1. The largest absolute Gasteiger partial charge is 0.479 e. The van der Waals surface area contributed by atoms with Crippen LogP contribution in [-0.4, -0.2) is 69.8 Å². The first-order valence-electron chi connectivity index (χ1n) is 16.6. The van der Waals surface area contributed by atoms with Crippen LogP contribution in [0.5, 0.6) is 0 Å². The number of carbonyl (C=O) groups is 4. The van der Waals surface area contributed by atoms with Crippen LogP contribution in [0.15, 0.2) is 70.3 Å².